The summed E-state index contributed by atoms with van der Waals surface area (Å²) in [7, 11) is 0. The molecule has 0 saturated heterocycles. The van der Waals surface area contributed by atoms with Crippen molar-refractivity contribution in [2.45, 2.75) is 25.8 Å². The van der Waals surface area contributed by atoms with Crippen molar-refractivity contribution in [2.24, 2.45) is 0 Å². The van der Waals surface area contributed by atoms with Gasteiger partial charge in [-0.3, -0.25) is 14.9 Å². The Morgan fingerprint density at radius 3 is 2.56 bits per heavy atom. The molecule has 0 unspecified atom stereocenters. The van der Waals surface area contributed by atoms with Crippen molar-refractivity contribution >= 4 is 17.3 Å². The highest BCUT2D eigenvalue weighted by Crippen LogP contribution is 2.19. The summed E-state index contributed by atoms with van der Waals surface area (Å²) in [6.07, 6.45) is 2.15. The number of carbonyl (C=O) groups is 1. The molecule has 6 nitrogen and oxygen atoms in total. The van der Waals surface area contributed by atoms with E-state index in [2.05, 4.69) is 17.4 Å². The predicted molar refractivity (Wildman–Crippen MR) is 96.4 cm³/mol. The van der Waals surface area contributed by atoms with Crippen LogP contribution in [0.25, 0.3) is 0 Å². The minimum Gasteiger partial charge on any atom is -0.385 e. The van der Waals surface area contributed by atoms with Gasteiger partial charge >= 0.3 is 0 Å². The van der Waals surface area contributed by atoms with E-state index in [-0.39, 0.29) is 11.6 Å². The second kappa shape index (κ2) is 7.79. The maximum absolute atomic E-state index is 12.4. The molecule has 0 aliphatic carbocycles. The minimum atomic E-state index is -0.417. The van der Waals surface area contributed by atoms with Gasteiger partial charge in [0.25, 0.3) is 5.69 Å². The van der Waals surface area contributed by atoms with Crippen molar-refractivity contribution < 1.29 is 9.72 Å². The summed E-state index contributed by atoms with van der Waals surface area (Å²) in [5, 5.41) is 13.8. The van der Waals surface area contributed by atoms with Gasteiger partial charge in [0.15, 0.2) is 0 Å². The zero-order valence-electron chi connectivity index (χ0n) is 14.0. The highest BCUT2D eigenvalue weighted by Gasteiger charge is 2.19. The third kappa shape index (κ3) is 4.35. The van der Waals surface area contributed by atoms with Gasteiger partial charge in [-0.1, -0.05) is 24.3 Å². The normalized spacial score (nSPS) is 13.2. The van der Waals surface area contributed by atoms with Crippen molar-refractivity contribution in [3.63, 3.8) is 0 Å². The predicted octanol–water partition coefficient (Wildman–Crippen LogP) is 3.37. The van der Waals surface area contributed by atoms with Crippen molar-refractivity contribution in [3.8, 4) is 0 Å². The van der Waals surface area contributed by atoms with Crippen LogP contribution < -0.4 is 5.32 Å². The van der Waals surface area contributed by atoms with E-state index < -0.39 is 4.92 Å². The van der Waals surface area contributed by atoms with Crippen LogP contribution in [0.1, 0.15) is 24.0 Å². The van der Waals surface area contributed by atoms with Gasteiger partial charge in [-0.2, -0.15) is 0 Å². The number of nitro groups is 1. The van der Waals surface area contributed by atoms with E-state index >= 15 is 0 Å². The van der Waals surface area contributed by atoms with Gasteiger partial charge in [0.05, 0.1) is 4.92 Å². The fraction of sp³-hybridized carbons (Fsp3) is 0.316. The molecule has 1 amide bonds. The number of non-ortho nitro benzene ring substituents is 1. The first-order chi connectivity index (χ1) is 12.1. The molecule has 2 aromatic carbocycles. The molecule has 3 rings (SSSR count). The van der Waals surface area contributed by atoms with Crippen LogP contribution in [-0.4, -0.2) is 28.8 Å². The minimum absolute atomic E-state index is 0.0751. The Morgan fingerprint density at radius 1 is 1.12 bits per heavy atom. The summed E-state index contributed by atoms with van der Waals surface area (Å²) in [6.45, 7) is 2.14. The van der Waals surface area contributed by atoms with Crippen molar-refractivity contribution in [1.29, 1.82) is 0 Å². The highest BCUT2D eigenvalue weighted by atomic mass is 16.6. The Balaban J connectivity index is 1.42. The summed E-state index contributed by atoms with van der Waals surface area (Å²) < 4.78 is 0. The molecule has 0 saturated carbocycles. The Hall–Kier alpha value is -2.89. The lowest BCUT2D eigenvalue weighted by Crippen LogP contribution is -2.35. The number of benzene rings is 2. The number of amides is 1. The van der Waals surface area contributed by atoms with E-state index in [4.69, 9.17) is 0 Å². The molecule has 1 aliphatic heterocycles. The third-order valence-electron chi connectivity index (χ3n) is 4.46. The van der Waals surface area contributed by atoms with Gasteiger partial charge in [-0.15, -0.1) is 0 Å². The molecule has 6 heteroatoms. The van der Waals surface area contributed by atoms with Crippen LogP contribution in [0.15, 0.2) is 48.5 Å². The van der Waals surface area contributed by atoms with Crippen molar-refractivity contribution in [3.05, 3.63) is 69.8 Å². The van der Waals surface area contributed by atoms with Crippen LogP contribution >= 0.6 is 0 Å². The number of hydrogen-bond acceptors (Lipinski definition) is 4. The summed E-state index contributed by atoms with van der Waals surface area (Å²) in [4.78, 5) is 24.5. The molecule has 2 aromatic rings. The van der Waals surface area contributed by atoms with Gasteiger partial charge in [-0.25, -0.2) is 0 Å². The maximum Gasteiger partial charge on any atom is 0.269 e. The fourth-order valence-electron chi connectivity index (χ4n) is 3.04. The van der Waals surface area contributed by atoms with E-state index in [9.17, 15) is 14.9 Å². The summed E-state index contributed by atoms with van der Waals surface area (Å²) in [6, 6.07) is 14.6. The lowest BCUT2D eigenvalue weighted by atomic mass is 9.99. The average molecular weight is 339 g/mol. The largest absolute Gasteiger partial charge is 0.385 e. The van der Waals surface area contributed by atoms with E-state index in [1.54, 1.807) is 12.1 Å². The Morgan fingerprint density at radius 2 is 1.84 bits per heavy atom. The SMILES string of the molecule is O=C(CCCNc1ccc([N+](=O)[O-])cc1)N1CCc2ccccc2C1. The van der Waals surface area contributed by atoms with Crippen LogP contribution in [0.3, 0.4) is 0 Å². The molecule has 0 radical (unpaired) electrons. The average Bonchev–Trinajstić information content (AvgIpc) is 2.65. The number of rotatable bonds is 6. The molecule has 1 aliphatic rings. The van der Waals surface area contributed by atoms with Gasteiger partial charge in [0.1, 0.15) is 0 Å². The third-order valence-corrected chi connectivity index (χ3v) is 4.46. The number of nitro benzene ring substituents is 1. The molecule has 0 bridgehead atoms. The first kappa shape index (κ1) is 17.0. The van der Waals surface area contributed by atoms with E-state index in [1.165, 1.54) is 23.3 Å². The monoisotopic (exact) mass is 339 g/mol. The van der Waals surface area contributed by atoms with Crippen LogP contribution in [0.2, 0.25) is 0 Å². The van der Waals surface area contributed by atoms with Crippen LogP contribution in [0.5, 0.6) is 0 Å². The molecule has 1 N–H and O–H groups in total. The second-order valence-electron chi connectivity index (χ2n) is 6.17. The molecule has 0 fully saturated rings. The fourth-order valence-corrected chi connectivity index (χ4v) is 3.04. The van der Waals surface area contributed by atoms with E-state index in [0.29, 0.717) is 19.5 Å². The van der Waals surface area contributed by atoms with Crippen LogP contribution in [-0.2, 0) is 17.8 Å². The maximum atomic E-state index is 12.4. The first-order valence-corrected chi connectivity index (χ1v) is 8.46. The second-order valence-corrected chi connectivity index (χ2v) is 6.17. The van der Waals surface area contributed by atoms with Crippen molar-refractivity contribution in [1.82, 2.24) is 4.90 Å². The van der Waals surface area contributed by atoms with E-state index in [0.717, 1.165) is 25.1 Å². The van der Waals surface area contributed by atoms with Gasteiger partial charge < -0.3 is 10.2 Å². The van der Waals surface area contributed by atoms with Crippen LogP contribution in [0, 0.1) is 10.1 Å². The first-order valence-electron chi connectivity index (χ1n) is 8.46. The molecule has 1 heterocycles. The Bertz CT molecular complexity index is 759. The van der Waals surface area contributed by atoms with Crippen molar-refractivity contribution in [2.75, 3.05) is 18.4 Å². The highest BCUT2D eigenvalue weighted by molar-refractivity contribution is 5.76. The number of anilines is 1. The van der Waals surface area contributed by atoms with Gasteiger partial charge in [0, 0.05) is 43.9 Å². The van der Waals surface area contributed by atoms with Gasteiger partial charge in [-0.05, 0) is 36.1 Å². The molecule has 25 heavy (non-hydrogen) atoms. The molecular formula is C19H21N3O3. The van der Waals surface area contributed by atoms with E-state index in [1.807, 2.05) is 17.0 Å². The zero-order chi connectivity index (χ0) is 17.6. The Kier molecular flexibility index (Phi) is 5.28. The lowest BCUT2D eigenvalue weighted by molar-refractivity contribution is -0.384. The summed E-state index contributed by atoms with van der Waals surface area (Å²) in [5.41, 5.74) is 3.48. The number of carbonyl (C=O) groups excluding carboxylic acids is 1. The molecular weight excluding hydrogens is 318 g/mol. The standard InChI is InChI=1S/C19H21N3O3/c23-19(21-13-11-15-4-1-2-5-16(15)14-21)6-3-12-20-17-7-9-18(10-8-17)22(24)25/h1-2,4-5,7-10,20H,3,6,11-14H2. The molecule has 0 atom stereocenters. The van der Waals surface area contributed by atoms with Crippen LogP contribution in [0.4, 0.5) is 11.4 Å². The summed E-state index contributed by atoms with van der Waals surface area (Å²) >= 11 is 0. The number of hydrogen-bond donors (Lipinski definition) is 1. The topological polar surface area (TPSA) is 75.5 Å². The quantitative estimate of drug-likeness (QED) is 0.497. The number of nitrogens with zero attached hydrogens (tertiary/aromatic N) is 2. The Labute approximate surface area is 146 Å². The molecule has 130 valence electrons. The molecule has 0 spiro atoms. The smallest absolute Gasteiger partial charge is 0.269 e. The number of fused-ring (bicyclic) bond motifs is 1. The molecule has 0 aromatic heterocycles. The van der Waals surface area contributed by atoms with Gasteiger partial charge in [0.2, 0.25) is 5.91 Å². The lowest BCUT2D eigenvalue weighted by Gasteiger charge is -2.29. The zero-order valence-corrected chi connectivity index (χ0v) is 14.0. The number of nitrogens with one attached hydrogen (secondary N) is 1. The summed E-state index contributed by atoms with van der Waals surface area (Å²) in [5.74, 6) is 0.181.